The van der Waals surface area contributed by atoms with Crippen molar-refractivity contribution in [3.8, 4) is 5.75 Å². The number of amides is 1. The summed E-state index contributed by atoms with van der Waals surface area (Å²) in [6.45, 7) is 6.35. The number of hydrogen-bond donors (Lipinski definition) is 0. The van der Waals surface area contributed by atoms with E-state index in [2.05, 4.69) is 6.92 Å². The topological polar surface area (TPSA) is 48.0 Å². The van der Waals surface area contributed by atoms with Crippen molar-refractivity contribution in [2.45, 2.75) is 51.9 Å². The second kappa shape index (κ2) is 8.56. The van der Waals surface area contributed by atoms with E-state index in [-0.39, 0.29) is 5.91 Å². The van der Waals surface area contributed by atoms with Crippen molar-refractivity contribution in [3.05, 3.63) is 59.2 Å². The third-order valence-electron chi connectivity index (χ3n) is 5.59. The summed E-state index contributed by atoms with van der Waals surface area (Å²) < 4.78 is 18.0. The van der Waals surface area contributed by atoms with Gasteiger partial charge in [0.15, 0.2) is 0 Å². The number of rotatable bonds is 7. The molecule has 1 saturated heterocycles. The first-order valence-corrected chi connectivity index (χ1v) is 10.6. The molecule has 0 radical (unpaired) electrons. The number of carbonyl (C=O) groups is 1. The molecule has 0 bridgehead atoms. The van der Waals surface area contributed by atoms with Gasteiger partial charge in [-0.1, -0.05) is 56.2 Å². The highest BCUT2D eigenvalue weighted by Gasteiger charge is 2.55. The second-order valence-electron chi connectivity index (χ2n) is 7.69. The van der Waals surface area contributed by atoms with Gasteiger partial charge in [-0.2, -0.15) is 0 Å². The standard InChI is InChI=1S/C24H29NO4/c1-3-4-7-14-27-21-13-6-5-11-19(21)17-25-22-18(2)10-8-12-20(22)24(23(25)26)28-15-9-16-29-24/h5-6,8,10-13H,3-4,7,9,14-17H2,1-2H3. The lowest BCUT2D eigenvalue weighted by Crippen LogP contribution is -2.47. The molecular weight excluding hydrogens is 366 g/mol. The average molecular weight is 395 g/mol. The molecule has 2 heterocycles. The van der Waals surface area contributed by atoms with Crippen LogP contribution in [0.3, 0.4) is 0 Å². The van der Waals surface area contributed by atoms with Crippen molar-refractivity contribution < 1.29 is 19.0 Å². The van der Waals surface area contributed by atoms with E-state index >= 15 is 0 Å². The van der Waals surface area contributed by atoms with Crippen molar-refractivity contribution >= 4 is 11.6 Å². The van der Waals surface area contributed by atoms with E-state index in [1.807, 2.05) is 49.4 Å². The van der Waals surface area contributed by atoms with Crippen LogP contribution >= 0.6 is 0 Å². The maximum atomic E-state index is 13.5. The largest absolute Gasteiger partial charge is 0.493 e. The Morgan fingerprint density at radius 3 is 2.66 bits per heavy atom. The number of aryl methyl sites for hydroxylation is 1. The van der Waals surface area contributed by atoms with Crippen molar-refractivity contribution in [3.63, 3.8) is 0 Å². The molecule has 1 amide bonds. The Bertz CT molecular complexity index is 873. The van der Waals surface area contributed by atoms with Gasteiger partial charge < -0.3 is 19.1 Å². The van der Waals surface area contributed by atoms with Gasteiger partial charge in [0.2, 0.25) is 0 Å². The molecule has 2 aliphatic heterocycles. The van der Waals surface area contributed by atoms with Gasteiger partial charge in [-0.3, -0.25) is 4.79 Å². The van der Waals surface area contributed by atoms with Crippen LogP contribution in [0.5, 0.6) is 5.75 Å². The lowest BCUT2D eigenvalue weighted by atomic mass is 10.0. The summed E-state index contributed by atoms with van der Waals surface area (Å²) in [5.41, 5.74) is 3.72. The fourth-order valence-electron chi connectivity index (χ4n) is 4.12. The summed E-state index contributed by atoms with van der Waals surface area (Å²) in [6.07, 6.45) is 4.13. The summed E-state index contributed by atoms with van der Waals surface area (Å²) in [4.78, 5) is 15.3. The van der Waals surface area contributed by atoms with Gasteiger partial charge in [-0.05, 0) is 31.4 Å². The van der Waals surface area contributed by atoms with E-state index < -0.39 is 5.79 Å². The molecule has 4 rings (SSSR count). The maximum absolute atomic E-state index is 13.5. The summed E-state index contributed by atoms with van der Waals surface area (Å²) in [7, 11) is 0. The molecule has 2 aromatic carbocycles. The van der Waals surface area contributed by atoms with Crippen LogP contribution in [0.15, 0.2) is 42.5 Å². The van der Waals surface area contributed by atoms with Crippen molar-refractivity contribution in [1.29, 1.82) is 0 Å². The van der Waals surface area contributed by atoms with Crippen molar-refractivity contribution in [2.24, 2.45) is 0 Å². The lowest BCUT2D eigenvalue weighted by Gasteiger charge is -2.32. The third kappa shape index (κ3) is 3.65. The highest BCUT2D eigenvalue weighted by molar-refractivity contribution is 6.06. The third-order valence-corrected chi connectivity index (χ3v) is 5.59. The molecule has 0 aromatic heterocycles. The fraction of sp³-hybridized carbons (Fsp3) is 0.458. The molecule has 1 spiro atoms. The smallest absolute Gasteiger partial charge is 0.292 e. The minimum atomic E-state index is -1.31. The Morgan fingerprint density at radius 1 is 1.07 bits per heavy atom. The monoisotopic (exact) mass is 395 g/mol. The summed E-state index contributed by atoms with van der Waals surface area (Å²) >= 11 is 0. The van der Waals surface area contributed by atoms with E-state index in [9.17, 15) is 4.79 Å². The Kier molecular flexibility index (Phi) is 5.88. The van der Waals surface area contributed by atoms with E-state index in [0.717, 1.165) is 53.8 Å². The minimum absolute atomic E-state index is 0.151. The predicted molar refractivity (Wildman–Crippen MR) is 112 cm³/mol. The number of benzene rings is 2. The van der Waals surface area contributed by atoms with Crippen LogP contribution in [0.4, 0.5) is 5.69 Å². The normalized spacial score (nSPS) is 17.6. The van der Waals surface area contributed by atoms with Crippen LogP contribution in [-0.2, 0) is 26.6 Å². The molecule has 0 N–H and O–H groups in total. The van der Waals surface area contributed by atoms with E-state index in [4.69, 9.17) is 14.2 Å². The van der Waals surface area contributed by atoms with E-state index in [0.29, 0.717) is 26.4 Å². The first-order chi connectivity index (χ1) is 14.2. The molecule has 0 saturated carbocycles. The zero-order valence-electron chi connectivity index (χ0n) is 17.3. The van der Waals surface area contributed by atoms with Gasteiger partial charge in [0.1, 0.15) is 5.75 Å². The van der Waals surface area contributed by atoms with Gasteiger partial charge in [-0.25, -0.2) is 0 Å². The molecule has 5 heteroatoms. The SMILES string of the molecule is CCCCCOc1ccccc1CN1C(=O)C2(OCCCO2)c2cccc(C)c21. The fourth-order valence-corrected chi connectivity index (χ4v) is 4.12. The summed E-state index contributed by atoms with van der Waals surface area (Å²) in [6, 6.07) is 13.9. The van der Waals surface area contributed by atoms with Crippen LogP contribution in [-0.4, -0.2) is 25.7 Å². The van der Waals surface area contributed by atoms with Gasteiger partial charge >= 0.3 is 0 Å². The highest BCUT2D eigenvalue weighted by Crippen LogP contribution is 2.47. The summed E-state index contributed by atoms with van der Waals surface area (Å²) in [5.74, 6) is -0.628. The molecule has 2 aliphatic rings. The van der Waals surface area contributed by atoms with Crippen molar-refractivity contribution in [1.82, 2.24) is 0 Å². The predicted octanol–water partition coefficient (Wildman–Crippen LogP) is 4.70. The van der Waals surface area contributed by atoms with Crippen LogP contribution in [0.25, 0.3) is 0 Å². The molecule has 154 valence electrons. The molecule has 1 fully saturated rings. The minimum Gasteiger partial charge on any atom is -0.493 e. The van der Waals surface area contributed by atoms with Gasteiger partial charge in [0, 0.05) is 11.1 Å². The quantitative estimate of drug-likeness (QED) is 0.638. The van der Waals surface area contributed by atoms with E-state index in [1.165, 1.54) is 0 Å². The Balaban J connectivity index is 1.64. The molecule has 5 nitrogen and oxygen atoms in total. The first kappa shape index (κ1) is 19.9. The van der Waals surface area contributed by atoms with Crippen molar-refractivity contribution in [2.75, 3.05) is 24.7 Å². The number of carbonyl (C=O) groups excluding carboxylic acids is 1. The number of ether oxygens (including phenoxy) is 3. The summed E-state index contributed by atoms with van der Waals surface area (Å²) in [5, 5.41) is 0. The molecule has 0 aliphatic carbocycles. The van der Waals surface area contributed by atoms with Crippen LogP contribution in [0, 0.1) is 6.92 Å². The number of hydrogen-bond acceptors (Lipinski definition) is 4. The zero-order valence-corrected chi connectivity index (χ0v) is 17.3. The average Bonchev–Trinajstić information content (AvgIpc) is 2.97. The Morgan fingerprint density at radius 2 is 1.86 bits per heavy atom. The highest BCUT2D eigenvalue weighted by atomic mass is 16.7. The van der Waals surface area contributed by atoms with Gasteiger partial charge in [0.25, 0.3) is 11.7 Å². The zero-order chi connectivity index (χ0) is 20.3. The number of unbranched alkanes of at least 4 members (excludes halogenated alkanes) is 2. The first-order valence-electron chi connectivity index (χ1n) is 10.6. The lowest BCUT2D eigenvalue weighted by molar-refractivity contribution is -0.256. The Hall–Kier alpha value is -2.37. The van der Waals surface area contributed by atoms with Crippen LogP contribution < -0.4 is 9.64 Å². The molecule has 2 aromatic rings. The number of para-hydroxylation sites is 2. The van der Waals surface area contributed by atoms with Crippen LogP contribution in [0.2, 0.25) is 0 Å². The Labute approximate surface area is 172 Å². The van der Waals surface area contributed by atoms with Crippen LogP contribution in [0.1, 0.15) is 49.3 Å². The molecule has 0 unspecified atom stereocenters. The number of nitrogens with zero attached hydrogens (tertiary/aromatic N) is 1. The molecule has 0 atom stereocenters. The van der Waals surface area contributed by atoms with Gasteiger partial charge in [-0.15, -0.1) is 0 Å². The maximum Gasteiger partial charge on any atom is 0.292 e. The molecular formula is C24H29NO4. The number of fused-ring (bicyclic) bond motifs is 2. The number of anilines is 1. The van der Waals surface area contributed by atoms with E-state index in [1.54, 1.807) is 4.90 Å². The second-order valence-corrected chi connectivity index (χ2v) is 7.69. The molecule has 29 heavy (non-hydrogen) atoms. The van der Waals surface area contributed by atoms with Gasteiger partial charge in [0.05, 0.1) is 32.1 Å².